The van der Waals surface area contributed by atoms with Crippen LogP contribution in [-0.4, -0.2) is 44.4 Å². The van der Waals surface area contributed by atoms with Crippen LogP contribution in [0.25, 0.3) is 0 Å². The molecule has 0 radical (unpaired) electrons. The van der Waals surface area contributed by atoms with E-state index in [-0.39, 0.29) is 24.0 Å². The van der Waals surface area contributed by atoms with Crippen molar-refractivity contribution in [3.05, 3.63) is 53.2 Å². The predicted octanol–water partition coefficient (Wildman–Crippen LogP) is 3.88. The Morgan fingerprint density at radius 3 is 2.54 bits per heavy atom. The molecule has 0 bridgehead atoms. The Balaban J connectivity index is 0.00000338. The van der Waals surface area contributed by atoms with Gasteiger partial charge in [-0.1, -0.05) is 17.7 Å². The van der Waals surface area contributed by atoms with Gasteiger partial charge in [-0.2, -0.15) is 0 Å². The van der Waals surface area contributed by atoms with Crippen molar-refractivity contribution in [2.45, 2.75) is 11.4 Å². The summed E-state index contributed by atoms with van der Waals surface area (Å²) >= 11 is 7.67. The second-order valence-electron chi connectivity index (χ2n) is 5.54. The summed E-state index contributed by atoms with van der Waals surface area (Å²) in [5.74, 6) is 2.66. The molecule has 2 N–H and O–H groups in total. The fourth-order valence-electron chi connectivity index (χ4n) is 2.08. The lowest BCUT2D eigenvalue weighted by Gasteiger charge is -2.14. The van der Waals surface area contributed by atoms with Crippen molar-refractivity contribution in [2.24, 2.45) is 4.99 Å². The zero-order valence-corrected chi connectivity index (χ0v) is 19.1. The maximum Gasteiger partial charge on any atom is 0.191 e. The summed E-state index contributed by atoms with van der Waals surface area (Å²) < 4.78 is 0. The molecule has 0 saturated carbocycles. The third-order valence-corrected chi connectivity index (χ3v) is 4.65. The number of anilines is 1. The van der Waals surface area contributed by atoms with Crippen molar-refractivity contribution >= 4 is 59.1 Å². The number of aliphatic imine (C=N–C) groups is 1. The molecule has 1 aromatic carbocycles. The van der Waals surface area contributed by atoms with Gasteiger partial charge in [-0.05, 0) is 36.4 Å². The first kappa shape index (κ1) is 22.9. The van der Waals surface area contributed by atoms with Gasteiger partial charge in [0.15, 0.2) is 5.96 Å². The van der Waals surface area contributed by atoms with Gasteiger partial charge in [0.25, 0.3) is 0 Å². The lowest BCUT2D eigenvalue weighted by Crippen LogP contribution is -2.38. The number of hydrogen-bond acceptors (Lipinski definition) is 4. The van der Waals surface area contributed by atoms with E-state index in [4.69, 9.17) is 11.6 Å². The number of thioether (sulfide) groups is 1. The molecule has 0 spiro atoms. The summed E-state index contributed by atoms with van der Waals surface area (Å²) in [7, 11) is 5.74. The van der Waals surface area contributed by atoms with Gasteiger partial charge in [-0.15, -0.1) is 35.7 Å². The number of hydrogen-bond donors (Lipinski definition) is 2. The molecule has 2 rings (SSSR count). The normalized spacial score (nSPS) is 10.8. The highest BCUT2D eigenvalue weighted by Gasteiger charge is 2.02. The zero-order valence-electron chi connectivity index (χ0n) is 15.2. The Morgan fingerprint density at radius 1 is 1.15 bits per heavy atom. The first-order valence-corrected chi connectivity index (χ1v) is 9.41. The summed E-state index contributed by atoms with van der Waals surface area (Å²) in [6.45, 7) is 1.45. The van der Waals surface area contributed by atoms with E-state index in [0.717, 1.165) is 34.8 Å². The van der Waals surface area contributed by atoms with Crippen molar-refractivity contribution in [1.82, 2.24) is 15.6 Å². The van der Waals surface area contributed by atoms with E-state index in [1.165, 1.54) is 4.90 Å². The summed E-state index contributed by atoms with van der Waals surface area (Å²) in [5, 5.41) is 7.36. The summed E-state index contributed by atoms with van der Waals surface area (Å²) in [6, 6.07) is 13.9. The van der Waals surface area contributed by atoms with E-state index in [9.17, 15) is 0 Å². The molecule has 0 unspecified atom stereocenters. The maximum atomic E-state index is 5.89. The Labute approximate surface area is 182 Å². The Hall–Kier alpha value is -1.19. The maximum absolute atomic E-state index is 5.89. The lowest BCUT2D eigenvalue weighted by molar-refractivity contribution is 0.810. The predicted molar refractivity (Wildman–Crippen MR) is 124 cm³/mol. The smallest absolute Gasteiger partial charge is 0.191 e. The lowest BCUT2D eigenvalue weighted by atomic mass is 10.3. The fraction of sp³-hybridized carbons (Fsp3) is 0.333. The third-order valence-electron chi connectivity index (χ3n) is 3.39. The van der Waals surface area contributed by atoms with Gasteiger partial charge in [0, 0.05) is 43.4 Å². The van der Waals surface area contributed by atoms with Crippen LogP contribution in [0.2, 0.25) is 5.02 Å². The highest BCUT2D eigenvalue weighted by Crippen LogP contribution is 2.19. The highest BCUT2D eigenvalue weighted by molar-refractivity contribution is 14.0. The van der Waals surface area contributed by atoms with Gasteiger partial charge in [-0.25, -0.2) is 4.98 Å². The molecule has 26 heavy (non-hydrogen) atoms. The summed E-state index contributed by atoms with van der Waals surface area (Å²) in [6.07, 6.45) is 0. The second kappa shape index (κ2) is 12.2. The van der Waals surface area contributed by atoms with E-state index in [1.54, 1.807) is 18.8 Å². The van der Waals surface area contributed by atoms with E-state index in [0.29, 0.717) is 6.54 Å². The SMILES string of the molecule is CN=C(NCCSc1ccc(Cl)cc1)NCc1cccc(N(C)C)n1.I. The van der Waals surface area contributed by atoms with E-state index in [1.807, 2.05) is 61.5 Å². The number of guanidine groups is 1. The van der Waals surface area contributed by atoms with Gasteiger partial charge in [0.2, 0.25) is 0 Å². The van der Waals surface area contributed by atoms with Crippen LogP contribution in [0.5, 0.6) is 0 Å². The molecule has 5 nitrogen and oxygen atoms in total. The van der Waals surface area contributed by atoms with Crippen molar-refractivity contribution in [2.75, 3.05) is 38.3 Å². The molecule has 1 heterocycles. The number of halogens is 2. The number of benzene rings is 1. The molecule has 0 amide bonds. The molecular weight excluding hydrogens is 481 g/mol. The van der Waals surface area contributed by atoms with Gasteiger partial charge in [0.05, 0.1) is 12.2 Å². The third kappa shape index (κ3) is 8.01. The molecule has 1 aromatic heterocycles. The van der Waals surface area contributed by atoms with Crippen LogP contribution in [0.3, 0.4) is 0 Å². The number of aromatic nitrogens is 1. The van der Waals surface area contributed by atoms with Crippen LogP contribution in [0.1, 0.15) is 5.69 Å². The van der Waals surface area contributed by atoms with Crippen molar-refractivity contribution in [3.8, 4) is 0 Å². The molecule has 0 fully saturated rings. The van der Waals surface area contributed by atoms with Crippen LogP contribution in [0.15, 0.2) is 52.4 Å². The number of rotatable bonds is 7. The zero-order chi connectivity index (χ0) is 18.1. The summed E-state index contributed by atoms with van der Waals surface area (Å²) in [4.78, 5) is 12.0. The van der Waals surface area contributed by atoms with Gasteiger partial charge in [-0.3, -0.25) is 4.99 Å². The highest BCUT2D eigenvalue weighted by atomic mass is 127. The largest absolute Gasteiger partial charge is 0.363 e. The van der Waals surface area contributed by atoms with E-state index >= 15 is 0 Å². The quantitative estimate of drug-likeness (QED) is 0.197. The average molecular weight is 506 g/mol. The average Bonchev–Trinajstić information content (AvgIpc) is 2.63. The standard InChI is InChI=1S/C18H24ClN5S.HI/c1-20-18(21-11-12-25-16-9-7-14(19)8-10-16)22-13-15-5-4-6-17(23-15)24(2)3;/h4-10H,11-13H2,1-3H3,(H2,20,21,22);1H. The number of pyridine rings is 1. The Kier molecular flexibility index (Phi) is 10.8. The van der Waals surface area contributed by atoms with Gasteiger partial charge >= 0.3 is 0 Å². The van der Waals surface area contributed by atoms with Gasteiger partial charge < -0.3 is 15.5 Å². The van der Waals surface area contributed by atoms with Crippen molar-refractivity contribution < 1.29 is 0 Å². The molecule has 142 valence electrons. The summed E-state index contributed by atoms with van der Waals surface area (Å²) in [5.41, 5.74) is 0.977. The van der Waals surface area contributed by atoms with Crippen molar-refractivity contribution in [1.29, 1.82) is 0 Å². The fourth-order valence-corrected chi connectivity index (χ4v) is 2.97. The Morgan fingerprint density at radius 2 is 1.88 bits per heavy atom. The molecule has 0 atom stereocenters. The van der Waals surface area contributed by atoms with Crippen LogP contribution in [-0.2, 0) is 6.54 Å². The molecule has 0 saturated heterocycles. The topological polar surface area (TPSA) is 52.6 Å². The second-order valence-corrected chi connectivity index (χ2v) is 7.14. The molecular formula is C18H25ClIN5S. The van der Waals surface area contributed by atoms with Crippen LogP contribution in [0.4, 0.5) is 5.82 Å². The van der Waals surface area contributed by atoms with Gasteiger partial charge in [0.1, 0.15) is 5.82 Å². The first-order valence-electron chi connectivity index (χ1n) is 8.04. The molecule has 0 aliphatic heterocycles. The van der Waals surface area contributed by atoms with Crippen LogP contribution in [0, 0.1) is 0 Å². The number of nitrogens with zero attached hydrogens (tertiary/aromatic N) is 3. The van der Waals surface area contributed by atoms with E-state index < -0.39 is 0 Å². The minimum Gasteiger partial charge on any atom is -0.363 e. The first-order chi connectivity index (χ1) is 12.1. The number of nitrogens with one attached hydrogen (secondary N) is 2. The molecule has 0 aliphatic rings. The molecule has 0 aliphatic carbocycles. The minimum absolute atomic E-state index is 0. The Bertz CT molecular complexity index is 694. The molecule has 8 heteroatoms. The van der Waals surface area contributed by atoms with Crippen LogP contribution >= 0.6 is 47.3 Å². The van der Waals surface area contributed by atoms with E-state index in [2.05, 4.69) is 20.6 Å². The van der Waals surface area contributed by atoms with Crippen LogP contribution < -0.4 is 15.5 Å². The molecule has 2 aromatic rings. The minimum atomic E-state index is 0. The van der Waals surface area contributed by atoms with Crippen molar-refractivity contribution in [3.63, 3.8) is 0 Å². The monoisotopic (exact) mass is 505 g/mol.